The van der Waals surface area contributed by atoms with E-state index in [0.29, 0.717) is 10.6 Å². The molecule has 1 aromatic carbocycles. The molecule has 0 aliphatic carbocycles. The standard InChI is InChI=1S/C14H13Cl3N2O2/c1-6(2)11-12(17)18-14(21)19(13(11)20)10-5-8(15)7(3)4-9(10)16/h4-6H,1-3H3,(H,18,21). The van der Waals surface area contributed by atoms with Gasteiger partial charge in [-0.05, 0) is 30.5 Å². The Labute approximate surface area is 136 Å². The second-order valence-electron chi connectivity index (χ2n) is 5.01. The SMILES string of the molecule is Cc1cc(Cl)c(-n2c(=O)[nH]c(Cl)c(C(C)C)c2=O)cc1Cl. The lowest BCUT2D eigenvalue weighted by Gasteiger charge is -2.13. The second-order valence-corrected chi connectivity index (χ2v) is 6.20. The molecule has 21 heavy (non-hydrogen) atoms. The maximum absolute atomic E-state index is 12.6. The lowest BCUT2D eigenvalue weighted by atomic mass is 10.1. The normalized spacial score (nSPS) is 11.2. The lowest BCUT2D eigenvalue weighted by molar-refractivity contribution is 0.777. The van der Waals surface area contributed by atoms with Crippen LogP contribution in [0.1, 0.15) is 30.9 Å². The third kappa shape index (κ3) is 2.89. The third-order valence-electron chi connectivity index (χ3n) is 3.14. The number of rotatable bonds is 2. The zero-order chi connectivity index (χ0) is 15.9. The fourth-order valence-corrected chi connectivity index (χ4v) is 2.89. The molecular formula is C14H13Cl3N2O2. The molecule has 0 saturated carbocycles. The van der Waals surface area contributed by atoms with Gasteiger partial charge in [0.15, 0.2) is 0 Å². The van der Waals surface area contributed by atoms with E-state index < -0.39 is 11.2 Å². The summed E-state index contributed by atoms with van der Waals surface area (Å²) in [5.41, 5.74) is 0.158. The highest BCUT2D eigenvalue weighted by Gasteiger charge is 2.18. The summed E-state index contributed by atoms with van der Waals surface area (Å²) < 4.78 is 0.953. The van der Waals surface area contributed by atoms with Crippen molar-refractivity contribution in [3.63, 3.8) is 0 Å². The van der Waals surface area contributed by atoms with Gasteiger partial charge in [0.25, 0.3) is 5.56 Å². The number of aromatic nitrogens is 2. The predicted molar refractivity (Wildman–Crippen MR) is 86.5 cm³/mol. The Morgan fingerprint density at radius 1 is 1.10 bits per heavy atom. The van der Waals surface area contributed by atoms with Crippen LogP contribution in [-0.4, -0.2) is 9.55 Å². The molecule has 0 amide bonds. The second kappa shape index (κ2) is 5.87. The van der Waals surface area contributed by atoms with Crippen LogP contribution >= 0.6 is 34.8 Å². The van der Waals surface area contributed by atoms with Crippen LogP contribution in [0.4, 0.5) is 0 Å². The molecule has 0 aliphatic heterocycles. The summed E-state index contributed by atoms with van der Waals surface area (Å²) in [5, 5.41) is 0.730. The Balaban J connectivity index is 2.89. The van der Waals surface area contributed by atoms with Gasteiger partial charge in [0.05, 0.1) is 16.3 Å². The number of hydrogen-bond donors (Lipinski definition) is 1. The maximum Gasteiger partial charge on any atom is 0.334 e. The molecule has 2 aromatic rings. The van der Waals surface area contributed by atoms with Crippen molar-refractivity contribution in [1.82, 2.24) is 9.55 Å². The molecule has 1 heterocycles. The molecule has 0 atom stereocenters. The first kappa shape index (κ1) is 16.1. The molecule has 0 radical (unpaired) electrons. The van der Waals surface area contributed by atoms with E-state index in [0.717, 1.165) is 10.1 Å². The van der Waals surface area contributed by atoms with Crippen LogP contribution in [0, 0.1) is 6.92 Å². The fourth-order valence-electron chi connectivity index (χ4n) is 2.05. The highest BCUT2D eigenvalue weighted by molar-refractivity contribution is 6.35. The van der Waals surface area contributed by atoms with E-state index >= 15 is 0 Å². The van der Waals surface area contributed by atoms with Gasteiger partial charge >= 0.3 is 5.69 Å². The van der Waals surface area contributed by atoms with Gasteiger partial charge < -0.3 is 0 Å². The molecule has 1 aromatic heterocycles. The molecule has 0 fully saturated rings. The Morgan fingerprint density at radius 3 is 2.29 bits per heavy atom. The van der Waals surface area contributed by atoms with E-state index in [1.165, 1.54) is 6.07 Å². The average molecular weight is 348 g/mol. The minimum atomic E-state index is -0.656. The molecule has 0 unspecified atom stereocenters. The number of nitrogens with one attached hydrogen (secondary N) is 1. The average Bonchev–Trinajstić information content (AvgIpc) is 2.34. The van der Waals surface area contributed by atoms with Gasteiger partial charge in [-0.1, -0.05) is 48.7 Å². The molecule has 4 nitrogen and oxygen atoms in total. The monoisotopic (exact) mass is 346 g/mol. The van der Waals surface area contributed by atoms with E-state index in [-0.39, 0.29) is 21.8 Å². The zero-order valence-electron chi connectivity index (χ0n) is 11.6. The van der Waals surface area contributed by atoms with Crippen LogP contribution in [0.15, 0.2) is 21.7 Å². The molecule has 112 valence electrons. The van der Waals surface area contributed by atoms with Crippen LogP contribution in [0.25, 0.3) is 5.69 Å². The van der Waals surface area contributed by atoms with Crippen molar-refractivity contribution >= 4 is 34.8 Å². The number of H-pyrrole nitrogens is 1. The topological polar surface area (TPSA) is 54.9 Å². The quantitative estimate of drug-likeness (QED) is 0.837. The smallest absolute Gasteiger partial charge is 0.297 e. The summed E-state index contributed by atoms with van der Waals surface area (Å²) >= 11 is 18.2. The van der Waals surface area contributed by atoms with Crippen molar-refractivity contribution in [3.05, 3.63) is 59.3 Å². The number of aryl methyl sites for hydroxylation is 1. The Hall–Kier alpha value is -1.23. The highest BCUT2D eigenvalue weighted by atomic mass is 35.5. The molecule has 7 heteroatoms. The number of halogens is 3. The molecule has 0 spiro atoms. The van der Waals surface area contributed by atoms with Crippen LogP contribution in [-0.2, 0) is 0 Å². The summed E-state index contributed by atoms with van der Waals surface area (Å²) in [4.78, 5) is 27.1. The van der Waals surface area contributed by atoms with Crippen molar-refractivity contribution in [1.29, 1.82) is 0 Å². The van der Waals surface area contributed by atoms with Gasteiger partial charge in [-0.2, -0.15) is 0 Å². The van der Waals surface area contributed by atoms with Crippen LogP contribution in [0.5, 0.6) is 0 Å². The highest BCUT2D eigenvalue weighted by Crippen LogP contribution is 2.27. The number of nitrogens with zero attached hydrogens (tertiary/aromatic N) is 1. The molecule has 0 aliphatic rings. The van der Waals surface area contributed by atoms with E-state index in [1.807, 2.05) is 13.8 Å². The third-order valence-corrected chi connectivity index (χ3v) is 4.14. The van der Waals surface area contributed by atoms with Gasteiger partial charge in [0, 0.05) is 5.02 Å². The van der Waals surface area contributed by atoms with Crippen LogP contribution in [0.3, 0.4) is 0 Å². The van der Waals surface area contributed by atoms with Crippen LogP contribution < -0.4 is 11.2 Å². The lowest BCUT2D eigenvalue weighted by Crippen LogP contribution is -2.36. The van der Waals surface area contributed by atoms with Crippen molar-refractivity contribution < 1.29 is 0 Å². The maximum atomic E-state index is 12.6. The number of hydrogen-bond acceptors (Lipinski definition) is 2. The summed E-state index contributed by atoms with van der Waals surface area (Å²) in [7, 11) is 0. The van der Waals surface area contributed by atoms with E-state index in [1.54, 1.807) is 13.0 Å². The van der Waals surface area contributed by atoms with Crippen molar-refractivity contribution in [2.24, 2.45) is 0 Å². The van der Waals surface area contributed by atoms with Gasteiger partial charge in [0.1, 0.15) is 5.15 Å². The van der Waals surface area contributed by atoms with Crippen LogP contribution in [0.2, 0.25) is 15.2 Å². The van der Waals surface area contributed by atoms with Gasteiger partial charge in [-0.25, -0.2) is 9.36 Å². The summed E-state index contributed by atoms with van der Waals surface area (Å²) in [5.74, 6) is -0.146. The van der Waals surface area contributed by atoms with Gasteiger partial charge in [-0.15, -0.1) is 0 Å². The first-order valence-electron chi connectivity index (χ1n) is 6.24. The van der Waals surface area contributed by atoms with Crippen molar-refractivity contribution in [3.8, 4) is 5.69 Å². The van der Waals surface area contributed by atoms with E-state index in [9.17, 15) is 9.59 Å². The zero-order valence-corrected chi connectivity index (χ0v) is 13.9. The molecule has 2 rings (SSSR count). The number of benzene rings is 1. The molecular weight excluding hydrogens is 335 g/mol. The van der Waals surface area contributed by atoms with Crippen molar-refractivity contribution in [2.45, 2.75) is 26.7 Å². The molecule has 1 N–H and O–H groups in total. The summed E-state index contributed by atoms with van der Waals surface area (Å²) in [6.45, 7) is 5.41. The van der Waals surface area contributed by atoms with Crippen molar-refractivity contribution in [2.75, 3.05) is 0 Å². The number of aromatic amines is 1. The first-order valence-corrected chi connectivity index (χ1v) is 7.38. The molecule has 0 bridgehead atoms. The summed E-state index contributed by atoms with van der Waals surface area (Å²) in [6.07, 6.45) is 0. The van der Waals surface area contributed by atoms with Gasteiger partial charge in [0.2, 0.25) is 0 Å². The first-order chi connectivity index (χ1) is 9.73. The summed E-state index contributed by atoms with van der Waals surface area (Å²) in [6, 6.07) is 3.10. The minimum absolute atomic E-state index is 0.0468. The minimum Gasteiger partial charge on any atom is -0.297 e. The molecule has 0 saturated heterocycles. The Morgan fingerprint density at radius 2 is 1.71 bits per heavy atom. The van der Waals surface area contributed by atoms with Gasteiger partial charge in [-0.3, -0.25) is 9.78 Å². The van der Waals surface area contributed by atoms with E-state index in [4.69, 9.17) is 34.8 Å². The Kier molecular flexibility index (Phi) is 4.51. The van der Waals surface area contributed by atoms with E-state index in [2.05, 4.69) is 4.98 Å². The fraction of sp³-hybridized carbons (Fsp3) is 0.286. The largest absolute Gasteiger partial charge is 0.334 e. The Bertz CT molecular complexity index is 822. The predicted octanol–water partition coefficient (Wildman–Crippen LogP) is 3.92.